The van der Waals surface area contributed by atoms with Gasteiger partial charge in [0.1, 0.15) is 17.4 Å². The maximum Gasteiger partial charge on any atom is 0.248 e. The van der Waals surface area contributed by atoms with E-state index in [0.29, 0.717) is 34.5 Å². The van der Waals surface area contributed by atoms with Crippen molar-refractivity contribution in [3.05, 3.63) is 36.0 Å². The average molecular weight is 406 g/mol. The fraction of sp³-hybridized carbons (Fsp3) is 0.409. The number of benzene rings is 1. The lowest BCUT2D eigenvalue weighted by Crippen LogP contribution is -2.57. The van der Waals surface area contributed by atoms with E-state index in [1.807, 2.05) is 6.07 Å². The molecule has 30 heavy (non-hydrogen) atoms. The van der Waals surface area contributed by atoms with Gasteiger partial charge in [0.05, 0.1) is 12.2 Å². The van der Waals surface area contributed by atoms with Crippen LogP contribution in [0.1, 0.15) is 56.3 Å². The number of hydrogen-bond acceptors (Lipinski definition) is 6. The Hall–Kier alpha value is -3.29. The molecule has 1 aliphatic carbocycles. The molecule has 2 aromatic rings. The van der Waals surface area contributed by atoms with Crippen LogP contribution in [0, 0.1) is 10.8 Å². The molecule has 2 aliphatic rings. The maximum atomic E-state index is 11.6. The third kappa shape index (κ3) is 3.32. The Balaban J connectivity index is 1.88. The number of amidine groups is 2. The number of nitrogens with one attached hydrogen (secondary N) is 2. The summed E-state index contributed by atoms with van der Waals surface area (Å²) in [5, 5.41) is 17.0. The van der Waals surface area contributed by atoms with Gasteiger partial charge in [0.15, 0.2) is 11.6 Å². The number of carbonyl (C=O) groups is 1. The van der Waals surface area contributed by atoms with Gasteiger partial charge in [0.2, 0.25) is 5.91 Å². The molecule has 0 spiro atoms. The lowest BCUT2D eigenvalue weighted by Gasteiger charge is -2.46. The van der Waals surface area contributed by atoms with Crippen molar-refractivity contribution in [2.24, 2.45) is 5.73 Å². The number of aromatic nitrogens is 2. The highest BCUT2D eigenvalue weighted by Crippen LogP contribution is 2.41. The van der Waals surface area contributed by atoms with E-state index in [0.717, 1.165) is 25.1 Å². The van der Waals surface area contributed by atoms with E-state index < -0.39 is 5.91 Å². The predicted octanol–water partition coefficient (Wildman–Crippen LogP) is 3.56. The van der Waals surface area contributed by atoms with Crippen LogP contribution < -0.4 is 15.5 Å². The second-order valence-corrected chi connectivity index (χ2v) is 7.92. The molecule has 1 fully saturated rings. The summed E-state index contributed by atoms with van der Waals surface area (Å²) in [6, 6.07) is 7.18. The van der Waals surface area contributed by atoms with Gasteiger partial charge in [-0.05, 0) is 38.3 Å². The van der Waals surface area contributed by atoms with E-state index in [2.05, 4.69) is 16.8 Å². The van der Waals surface area contributed by atoms with Crippen LogP contribution in [-0.2, 0) is 0 Å². The van der Waals surface area contributed by atoms with Crippen LogP contribution in [0.4, 0.5) is 11.5 Å². The largest absolute Gasteiger partial charge is 0.366 e. The summed E-state index contributed by atoms with van der Waals surface area (Å²) in [6.07, 6.45) is 6.94. The fourth-order valence-corrected chi connectivity index (χ4v) is 4.58. The lowest BCUT2D eigenvalue weighted by atomic mass is 10.0. The zero-order chi connectivity index (χ0) is 21.4. The first-order valence-corrected chi connectivity index (χ1v) is 10.4. The summed E-state index contributed by atoms with van der Waals surface area (Å²) in [5.74, 6) is 1.44. The third-order valence-corrected chi connectivity index (χ3v) is 5.97. The van der Waals surface area contributed by atoms with Crippen molar-refractivity contribution in [2.45, 2.75) is 58.0 Å². The monoisotopic (exact) mass is 405 g/mol. The highest BCUT2D eigenvalue weighted by Gasteiger charge is 2.41. The standard InChI is InChI=1S/C22H27N7O/c1-3-17-19(24)28(13(2)23)18-12-26-21(15-8-6-7-14(11-15)20(25)30)27-22(18)29(17)16-9-4-5-10-16/h6-8,11-12,16-17,23-24H,3-5,9-10H2,1-2H3,(H2,25,30)/t17-/m1/s1. The molecule has 4 rings (SSSR count). The first-order chi connectivity index (χ1) is 14.4. The Morgan fingerprint density at radius 3 is 2.67 bits per heavy atom. The number of nitrogens with zero attached hydrogens (tertiary/aromatic N) is 4. The Kier molecular flexibility index (Phi) is 5.24. The van der Waals surface area contributed by atoms with E-state index >= 15 is 0 Å². The minimum atomic E-state index is -0.493. The van der Waals surface area contributed by atoms with Crippen molar-refractivity contribution in [3.8, 4) is 11.4 Å². The smallest absolute Gasteiger partial charge is 0.248 e. The normalized spacial score (nSPS) is 19.1. The number of amides is 1. The Bertz CT molecular complexity index is 1010. The van der Waals surface area contributed by atoms with Crippen LogP contribution in [0.5, 0.6) is 0 Å². The average Bonchev–Trinajstić information content (AvgIpc) is 3.26. The zero-order valence-corrected chi connectivity index (χ0v) is 17.4. The van der Waals surface area contributed by atoms with Gasteiger partial charge in [-0.1, -0.05) is 31.9 Å². The van der Waals surface area contributed by atoms with Gasteiger partial charge in [-0.15, -0.1) is 0 Å². The second kappa shape index (κ2) is 7.85. The van der Waals surface area contributed by atoms with E-state index in [-0.39, 0.29) is 11.9 Å². The molecule has 1 amide bonds. The Labute approximate surface area is 176 Å². The SMILES string of the molecule is CC[C@@H]1C(=N)N(C(C)=N)c2cnc(-c3cccc(C(N)=O)c3)nc2N1C1CCCC1. The molecule has 1 saturated carbocycles. The van der Waals surface area contributed by atoms with Crippen LogP contribution in [0.15, 0.2) is 30.5 Å². The molecule has 0 unspecified atom stereocenters. The molecule has 1 atom stereocenters. The summed E-state index contributed by atoms with van der Waals surface area (Å²) < 4.78 is 0. The molecule has 0 saturated heterocycles. The van der Waals surface area contributed by atoms with Gasteiger partial charge in [0, 0.05) is 17.2 Å². The summed E-state index contributed by atoms with van der Waals surface area (Å²) in [5.41, 5.74) is 7.23. The molecule has 1 aromatic heterocycles. The highest BCUT2D eigenvalue weighted by molar-refractivity contribution is 6.22. The second-order valence-electron chi connectivity index (χ2n) is 7.92. The number of nitrogens with two attached hydrogens (primary N) is 1. The highest BCUT2D eigenvalue weighted by atomic mass is 16.1. The molecule has 0 bridgehead atoms. The van der Waals surface area contributed by atoms with Crippen molar-refractivity contribution in [3.63, 3.8) is 0 Å². The van der Waals surface area contributed by atoms with E-state index in [4.69, 9.17) is 21.5 Å². The van der Waals surface area contributed by atoms with Crippen molar-refractivity contribution in [1.29, 1.82) is 10.8 Å². The minimum absolute atomic E-state index is 0.138. The van der Waals surface area contributed by atoms with E-state index in [1.54, 1.807) is 36.2 Å². The van der Waals surface area contributed by atoms with Gasteiger partial charge in [-0.2, -0.15) is 0 Å². The van der Waals surface area contributed by atoms with Gasteiger partial charge >= 0.3 is 0 Å². The molecule has 8 heteroatoms. The fourth-order valence-electron chi connectivity index (χ4n) is 4.58. The molecule has 156 valence electrons. The molecule has 2 heterocycles. The van der Waals surface area contributed by atoms with Crippen LogP contribution in [0.2, 0.25) is 0 Å². The van der Waals surface area contributed by atoms with Crippen molar-refractivity contribution in [2.75, 3.05) is 9.80 Å². The number of carbonyl (C=O) groups excluding carboxylic acids is 1. The number of anilines is 2. The third-order valence-electron chi connectivity index (χ3n) is 5.97. The van der Waals surface area contributed by atoms with Gasteiger partial charge in [0.25, 0.3) is 0 Å². The lowest BCUT2D eigenvalue weighted by molar-refractivity contribution is 0.100. The number of hydrogen-bond donors (Lipinski definition) is 3. The molecular formula is C22H27N7O. The Morgan fingerprint density at radius 1 is 1.30 bits per heavy atom. The number of rotatable bonds is 4. The van der Waals surface area contributed by atoms with Crippen molar-refractivity contribution in [1.82, 2.24) is 9.97 Å². The number of fused-ring (bicyclic) bond motifs is 1. The Morgan fingerprint density at radius 2 is 2.03 bits per heavy atom. The van der Waals surface area contributed by atoms with E-state index in [1.165, 1.54) is 12.8 Å². The molecule has 1 aliphatic heterocycles. The van der Waals surface area contributed by atoms with Gasteiger partial charge < -0.3 is 10.6 Å². The molecular weight excluding hydrogens is 378 g/mol. The minimum Gasteiger partial charge on any atom is -0.366 e. The number of primary amides is 1. The van der Waals surface area contributed by atoms with Crippen LogP contribution in [0.25, 0.3) is 11.4 Å². The van der Waals surface area contributed by atoms with E-state index in [9.17, 15) is 4.79 Å². The molecule has 1 aromatic carbocycles. The van der Waals surface area contributed by atoms with Crippen molar-refractivity contribution >= 4 is 29.1 Å². The molecule has 8 nitrogen and oxygen atoms in total. The topological polar surface area (TPSA) is 123 Å². The maximum absolute atomic E-state index is 11.6. The molecule has 0 radical (unpaired) electrons. The first-order valence-electron chi connectivity index (χ1n) is 10.4. The molecule has 4 N–H and O–H groups in total. The summed E-state index contributed by atoms with van der Waals surface area (Å²) in [7, 11) is 0. The predicted molar refractivity (Wildman–Crippen MR) is 118 cm³/mol. The van der Waals surface area contributed by atoms with Gasteiger partial charge in [-0.3, -0.25) is 20.5 Å². The quantitative estimate of drug-likeness (QED) is 0.530. The van der Waals surface area contributed by atoms with Crippen molar-refractivity contribution < 1.29 is 4.79 Å². The van der Waals surface area contributed by atoms with Crippen LogP contribution >= 0.6 is 0 Å². The summed E-state index contributed by atoms with van der Waals surface area (Å²) >= 11 is 0. The summed E-state index contributed by atoms with van der Waals surface area (Å²) in [4.78, 5) is 24.9. The van der Waals surface area contributed by atoms with Crippen LogP contribution in [0.3, 0.4) is 0 Å². The van der Waals surface area contributed by atoms with Gasteiger partial charge in [-0.25, -0.2) is 9.97 Å². The first kappa shape index (κ1) is 20.0. The summed E-state index contributed by atoms with van der Waals surface area (Å²) in [6.45, 7) is 3.75. The van der Waals surface area contributed by atoms with Crippen LogP contribution in [-0.4, -0.2) is 39.6 Å². The zero-order valence-electron chi connectivity index (χ0n) is 17.4.